The molecule has 1 rings (SSSR count). The highest BCUT2D eigenvalue weighted by Gasteiger charge is 2.10. The molecule has 0 saturated heterocycles. The second-order valence-corrected chi connectivity index (χ2v) is 3.74. The van der Waals surface area contributed by atoms with Crippen molar-refractivity contribution in [1.82, 2.24) is 0 Å². The molecule has 0 aliphatic carbocycles. The number of ether oxygens (including phenoxy) is 1. The molecule has 0 N–H and O–H groups in total. The maximum Gasteiger partial charge on any atom is 0.165 e. The molecule has 3 heteroatoms. The Balaban J connectivity index is 2.82. The summed E-state index contributed by atoms with van der Waals surface area (Å²) in [6.07, 6.45) is 2.74. The Morgan fingerprint density at radius 1 is 1.47 bits per heavy atom. The molecule has 0 unspecified atom stereocenters. The zero-order valence-corrected chi connectivity index (χ0v) is 10.4. The summed E-state index contributed by atoms with van der Waals surface area (Å²) in [6, 6.07) is 4.60. The number of halogens is 1. The zero-order valence-electron chi connectivity index (χ0n) is 10.4. The van der Waals surface area contributed by atoms with E-state index in [9.17, 15) is 9.18 Å². The summed E-state index contributed by atoms with van der Waals surface area (Å²) >= 11 is 0. The van der Waals surface area contributed by atoms with Gasteiger partial charge in [0.15, 0.2) is 17.3 Å². The van der Waals surface area contributed by atoms with E-state index in [4.69, 9.17) is 4.74 Å². The topological polar surface area (TPSA) is 26.3 Å². The number of allylic oxidation sites excluding steroid dienone is 2. The first-order valence-electron chi connectivity index (χ1n) is 5.63. The summed E-state index contributed by atoms with van der Waals surface area (Å²) in [4.78, 5) is 11.8. The van der Waals surface area contributed by atoms with Crippen molar-refractivity contribution in [3.63, 3.8) is 0 Å². The van der Waals surface area contributed by atoms with E-state index in [1.807, 2.05) is 19.9 Å². The lowest BCUT2D eigenvalue weighted by atomic mass is 10.0. The van der Waals surface area contributed by atoms with E-state index < -0.39 is 5.82 Å². The van der Waals surface area contributed by atoms with Gasteiger partial charge in [0.2, 0.25) is 0 Å². The van der Waals surface area contributed by atoms with Crippen molar-refractivity contribution >= 4 is 5.78 Å². The molecular weight excluding hydrogens is 219 g/mol. The van der Waals surface area contributed by atoms with Crippen LogP contribution in [0.5, 0.6) is 5.75 Å². The van der Waals surface area contributed by atoms with Crippen LogP contribution in [0.2, 0.25) is 0 Å². The third-order valence-corrected chi connectivity index (χ3v) is 2.67. The number of carbonyl (C=O) groups is 1. The zero-order chi connectivity index (χ0) is 12.8. The minimum Gasteiger partial charge on any atom is -0.494 e. The fraction of sp³-hybridized carbons (Fsp3) is 0.357. The van der Waals surface area contributed by atoms with Crippen LogP contribution in [0.15, 0.2) is 29.8 Å². The Hall–Kier alpha value is -1.64. The molecule has 1 aromatic rings. The van der Waals surface area contributed by atoms with E-state index in [-0.39, 0.29) is 18.0 Å². The summed E-state index contributed by atoms with van der Waals surface area (Å²) < 4.78 is 18.2. The molecule has 1 aromatic carbocycles. The number of rotatable bonds is 5. The van der Waals surface area contributed by atoms with Crippen molar-refractivity contribution in [3.05, 3.63) is 41.2 Å². The highest BCUT2D eigenvalue weighted by molar-refractivity contribution is 5.96. The molecule has 0 atom stereocenters. The first-order valence-corrected chi connectivity index (χ1v) is 5.63. The van der Waals surface area contributed by atoms with Crippen molar-refractivity contribution in [3.8, 4) is 5.75 Å². The lowest BCUT2D eigenvalue weighted by Crippen LogP contribution is -2.06. The van der Waals surface area contributed by atoms with Crippen molar-refractivity contribution in [1.29, 1.82) is 0 Å². The standard InChI is InChI=1S/C14H17FO2/c1-4-11(5-2)13(16)9-10-6-7-14(17-3)12(15)8-10/h4,6-8H,5,9H2,1-3H3/b11-4-. The molecule has 17 heavy (non-hydrogen) atoms. The van der Waals surface area contributed by atoms with Crippen LogP contribution < -0.4 is 4.74 Å². The van der Waals surface area contributed by atoms with Crippen LogP contribution in [0.25, 0.3) is 0 Å². The highest BCUT2D eigenvalue weighted by atomic mass is 19.1. The molecule has 0 amide bonds. The molecule has 0 radical (unpaired) electrons. The van der Waals surface area contributed by atoms with E-state index in [0.29, 0.717) is 12.0 Å². The Bertz CT molecular complexity index is 436. The predicted molar refractivity (Wildman–Crippen MR) is 65.7 cm³/mol. The summed E-state index contributed by atoms with van der Waals surface area (Å²) in [5.41, 5.74) is 1.45. The Labute approximate surface area is 101 Å². The Morgan fingerprint density at radius 3 is 2.65 bits per heavy atom. The van der Waals surface area contributed by atoms with Gasteiger partial charge in [0.05, 0.1) is 7.11 Å². The molecule has 0 saturated carbocycles. The minimum absolute atomic E-state index is 0.0413. The summed E-state index contributed by atoms with van der Waals surface area (Å²) in [5, 5.41) is 0. The third-order valence-electron chi connectivity index (χ3n) is 2.67. The maximum atomic E-state index is 13.4. The quantitative estimate of drug-likeness (QED) is 0.733. The lowest BCUT2D eigenvalue weighted by molar-refractivity contribution is -0.115. The van der Waals surface area contributed by atoms with Gasteiger partial charge in [0.25, 0.3) is 0 Å². The van der Waals surface area contributed by atoms with Crippen molar-refractivity contribution in [2.75, 3.05) is 7.11 Å². The highest BCUT2D eigenvalue weighted by Crippen LogP contribution is 2.19. The smallest absolute Gasteiger partial charge is 0.165 e. The van der Waals surface area contributed by atoms with Gasteiger partial charge in [-0.1, -0.05) is 19.1 Å². The van der Waals surface area contributed by atoms with Gasteiger partial charge in [-0.3, -0.25) is 4.79 Å². The van der Waals surface area contributed by atoms with Crippen molar-refractivity contribution in [2.45, 2.75) is 26.7 Å². The fourth-order valence-electron chi connectivity index (χ4n) is 1.68. The number of Topliss-reactive ketones (excluding diaryl/α,β-unsaturated/α-hetero) is 1. The third kappa shape index (κ3) is 3.41. The number of hydrogen-bond donors (Lipinski definition) is 0. The van der Waals surface area contributed by atoms with Gasteiger partial charge >= 0.3 is 0 Å². The SMILES string of the molecule is C/C=C(/CC)C(=O)Cc1ccc(OC)c(F)c1. The largest absolute Gasteiger partial charge is 0.494 e. The molecule has 0 aliphatic rings. The predicted octanol–water partition coefficient (Wildman–Crippen LogP) is 3.30. The molecule has 0 bridgehead atoms. The van der Waals surface area contributed by atoms with Crippen LogP contribution in [0.1, 0.15) is 25.8 Å². The van der Waals surface area contributed by atoms with Gasteiger partial charge in [-0.05, 0) is 36.6 Å². The van der Waals surface area contributed by atoms with Gasteiger partial charge in [0, 0.05) is 6.42 Å². The van der Waals surface area contributed by atoms with Gasteiger partial charge in [-0.25, -0.2) is 4.39 Å². The number of hydrogen-bond acceptors (Lipinski definition) is 2. The average Bonchev–Trinajstić information content (AvgIpc) is 2.31. The maximum absolute atomic E-state index is 13.4. The normalized spacial score (nSPS) is 11.4. The second-order valence-electron chi connectivity index (χ2n) is 3.74. The number of ketones is 1. The number of methoxy groups -OCH3 is 1. The van der Waals surface area contributed by atoms with Crippen LogP contribution in [0, 0.1) is 5.82 Å². The molecular formula is C14H17FO2. The molecule has 0 spiro atoms. The molecule has 0 fully saturated rings. The Morgan fingerprint density at radius 2 is 2.18 bits per heavy atom. The van der Waals surface area contributed by atoms with Crippen LogP contribution in [0.4, 0.5) is 4.39 Å². The monoisotopic (exact) mass is 236 g/mol. The van der Waals surface area contributed by atoms with E-state index in [0.717, 1.165) is 5.57 Å². The molecule has 2 nitrogen and oxygen atoms in total. The van der Waals surface area contributed by atoms with Crippen molar-refractivity contribution in [2.24, 2.45) is 0 Å². The Kier molecular flexibility index (Phi) is 4.88. The van der Waals surface area contributed by atoms with Crippen LogP contribution >= 0.6 is 0 Å². The molecule has 92 valence electrons. The summed E-state index contributed by atoms with van der Waals surface area (Å²) in [6.45, 7) is 3.77. The minimum atomic E-state index is -0.434. The van der Waals surface area contributed by atoms with Crippen LogP contribution in [0.3, 0.4) is 0 Å². The van der Waals surface area contributed by atoms with E-state index in [1.165, 1.54) is 13.2 Å². The number of benzene rings is 1. The van der Waals surface area contributed by atoms with Gasteiger partial charge in [0.1, 0.15) is 0 Å². The van der Waals surface area contributed by atoms with E-state index in [1.54, 1.807) is 12.1 Å². The van der Waals surface area contributed by atoms with Gasteiger partial charge < -0.3 is 4.74 Å². The van der Waals surface area contributed by atoms with Gasteiger partial charge in [-0.15, -0.1) is 0 Å². The summed E-state index contributed by atoms with van der Waals surface area (Å²) in [7, 11) is 1.41. The average molecular weight is 236 g/mol. The van der Waals surface area contributed by atoms with Crippen LogP contribution in [-0.4, -0.2) is 12.9 Å². The lowest BCUT2D eigenvalue weighted by Gasteiger charge is -2.06. The first-order chi connectivity index (χ1) is 8.12. The fourth-order valence-corrected chi connectivity index (χ4v) is 1.68. The second kappa shape index (κ2) is 6.18. The van der Waals surface area contributed by atoms with Crippen LogP contribution in [-0.2, 0) is 11.2 Å². The molecule has 0 heterocycles. The number of carbonyl (C=O) groups excluding carboxylic acids is 1. The van der Waals surface area contributed by atoms with E-state index in [2.05, 4.69) is 0 Å². The van der Waals surface area contributed by atoms with Crippen molar-refractivity contribution < 1.29 is 13.9 Å². The van der Waals surface area contributed by atoms with Gasteiger partial charge in [-0.2, -0.15) is 0 Å². The molecule has 0 aliphatic heterocycles. The first kappa shape index (κ1) is 13.4. The van der Waals surface area contributed by atoms with E-state index >= 15 is 0 Å². The molecule has 0 aromatic heterocycles. The summed E-state index contributed by atoms with van der Waals surface area (Å²) in [5.74, 6) is -0.196.